The molecule has 0 fully saturated rings. The Balaban J connectivity index is 1.57. The monoisotopic (exact) mass is 370 g/mol. The molecule has 2 atom stereocenters. The van der Waals surface area contributed by atoms with Crippen molar-refractivity contribution in [1.82, 2.24) is 25.0 Å². The molecule has 1 aromatic carbocycles. The zero-order chi connectivity index (χ0) is 19.0. The van der Waals surface area contributed by atoms with E-state index in [0.29, 0.717) is 29.3 Å². The molecule has 0 aliphatic heterocycles. The van der Waals surface area contributed by atoms with Crippen LogP contribution in [-0.2, 0) is 0 Å². The number of alkyl halides is 1. The van der Waals surface area contributed by atoms with E-state index in [1.165, 1.54) is 29.2 Å². The van der Waals surface area contributed by atoms with Crippen LogP contribution in [-0.4, -0.2) is 49.3 Å². The summed E-state index contributed by atoms with van der Waals surface area (Å²) in [5, 5.41) is 22.3. The fourth-order valence-electron chi connectivity index (χ4n) is 3.00. The van der Waals surface area contributed by atoms with Crippen LogP contribution in [0.25, 0.3) is 16.9 Å². The molecule has 9 heteroatoms. The van der Waals surface area contributed by atoms with Gasteiger partial charge in [-0.2, -0.15) is 5.10 Å². The molecule has 0 spiro atoms. The Morgan fingerprint density at radius 2 is 2.11 bits per heavy atom. The summed E-state index contributed by atoms with van der Waals surface area (Å²) < 4.78 is 28.2. The second kappa shape index (κ2) is 6.75. The van der Waals surface area contributed by atoms with E-state index >= 15 is 0 Å². The van der Waals surface area contributed by atoms with Crippen molar-refractivity contribution >= 4 is 5.95 Å². The van der Waals surface area contributed by atoms with E-state index in [1.54, 1.807) is 30.2 Å². The third-order valence-corrected chi connectivity index (χ3v) is 4.50. The number of aromatic hydroxyl groups is 1. The number of phenols is 1. The lowest BCUT2D eigenvalue weighted by atomic mass is 10.1. The summed E-state index contributed by atoms with van der Waals surface area (Å²) in [5.74, 6) is -0.232. The van der Waals surface area contributed by atoms with Crippen molar-refractivity contribution in [3.05, 3.63) is 54.8 Å². The summed E-state index contributed by atoms with van der Waals surface area (Å²) >= 11 is 0. The van der Waals surface area contributed by atoms with E-state index in [1.807, 2.05) is 0 Å². The summed E-state index contributed by atoms with van der Waals surface area (Å²) in [6.07, 6.45) is 6.58. The third-order valence-electron chi connectivity index (χ3n) is 4.50. The number of anilines is 1. The average Bonchev–Trinajstić information content (AvgIpc) is 3.29. The lowest BCUT2D eigenvalue weighted by molar-refractivity contribution is 0.347. The molecule has 27 heavy (non-hydrogen) atoms. The van der Waals surface area contributed by atoms with Crippen LogP contribution in [0.5, 0.6) is 5.75 Å². The van der Waals surface area contributed by atoms with Crippen molar-refractivity contribution in [1.29, 1.82) is 0 Å². The molecule has 1 N–H and O–H groups in total. The van der Waals surface area contributed by atoms with Gasteiger partial charge in [-0.1, -0.05) is 12.2 Å². The van der Waals surface area contributed by atoms with Gasteiger partial charge in [0.25, 0.3) is 0 Å². The molecule has 3 aromatic rings. The van der Waals surface area contributed by atoms with Crippen LogP contribution in [0.4, 0.5) is 14.7 Å². The quantitative estimate of drug-likeness (QED) is 0.712. The number of hydrogen-bond donors (Lipinski definition) is 1. The van der Waals surface area contributed by atoms with E-state index in [9.17, 15) is 13.9 Å². The van der Waals surface area contributed by atoms with Crippen molar-refractivity contribution in [2.45, 2.75) is 18.6 Å². The average molecular weight is 370 g/mol. The van der Waals surface area contributed by atoms with Crippen molar-refractivity contribution in [2.24, 2.45) is 0 Å². The lowest BCUT2D eigenvalue weighted by Gasteiger charge is -2.25. The Hall–Kier alpha value is -3.36. The highest BCUT2D eigenvalue weighted by Gasteiger charge is 2.28. The Labute approximate surface area is 153 Å². The van der Waals surface area contributed by atoms with Gasteiger partial charge in [-0.05, 0) is 18.6 Å². The third kappa shape index (κ3) is 3.23. The van der Waals surface area contributed by atoms with E-state index in [4.69, 9.17) is 0 Å². The highest BCUT2D eigenvalue weighted by Crippen LogP contribution is 2.30. The summed E-state index contributed by atoms with van der Waals surface area (Å²) in [4.78, 5) is 5.89. The molecule has 2 aromatic heterocycles. The molecule has 138 valence electrons. The van der Waals surface area contributed by atoms with Crippen LogP contribution < -0.4 is 4.90 Å². The van der Waals surface area contributed by atoms with Gasteiger partial charge in [0.05, 0.1) is 30.3 Å². The van der Waals surface area contributed by atoms with Gasteiger partial charge in [-0.3, -0.25) is 0 Å². The van der Waals surface area contributed by atoms with Crippen molar-refractivity contribution < 1.29 is 13.9 Å². The minimum absolute atomic E-state index is 0.0653. The first kappa shape index (κ1) is 17.1. The highest BCUT2D eigenvalue weighted by molar-refractivity contribution is 5.68. The number of halogens is 2. The van der Waals surface area contributed by atoms with Gasteiger partial charge in [0.15, 0.2) is 5.82 Å². The molecule has 1 aliphatic rings. The Morgan fingerprint density at radius 1 is 1.26 bits per heavy atom. The molecule has 0 radical (unpaired) electrons. The van der Waals surface area contributed by atoms with Gasteiger partial charge >= 0.3 is 0 Å². The van der Waals surface area contributed by atoms with E-state index in [-0.39, 0.29) is 11.8 Å². The number of nitrogens with zero attached hydrogens (tertiary/aromatic N) is 6. The molecule has 0 unspecified atom stereocenters. The van der Waals surface area contributed by atoms with Crippen LogP contribution in [0.2, 0.25) is 0 Å². The minimum Gasteiger partial charge on any atom is -0.507 e. The predicted octanol–water partition coefficient (Wildman–Crippen LogP) is 2.67. The second-order valence-electron chi connectivity index (χ2n) is 6.23. The van der Waals surface area contributed by atoms with Gasteiger partial charge in [0, 0.05) is 18.7 Å². The summed E-state index contributed by atoms with van der Waals surface area (Å²) in [5.41, 5.74) is 1.29. The van der Waals surface area contributed by atoms with E-state index in [0.717, 1.165) is 6.20 Å². The largest absolute Gasteiger partial charge is 0.507 e. The Kier molecular flexibility index (Phi) is 4.27. The van der Waals surface area contributed by atoms with Gasteiger partial charge in [-0.15, -0.1) is 10.2 Å². The fourth-order valence-corrected chi connectivity index (χ4v) is 3.00. The van der Waals surface area contributed by atoms with Crippen LogP contribution in [0.15, 0.2) is 48.9 Å². The van der Waals surface area contributed by atoms with Crippen LogP contribution in [0, 0.1) is 5.82 Å². The molecule has 2 heterocycles. The van der Waals surface area contributed by atoms with Crippen molar-refractivity contribution in [3.63, 3.8) is 0 Å². The topological polar surface area (TPSA) is 80.0 Å². The smallest absolute Gasteiger partial charge is 0.245 e. The van der Waals surface area contributed by atoms with Crippen molar-refractivity contribution in [3.8, 4) is 22.7 Å². The maximum atomic E-state index is 13.8. The SMILES string of the molecule is CN(c1ncc(-c2ccc(-n3cc(F)cn3)cc2O)nn1)[C@H]1CC=C[C@H]1F. The first-order chi connectivity index (χ1) is 13.0. The zero-order valence-corrected chi connectivity index (χ0v) is 14.4. The van der Waals surface area contributed by atoms with Crippen LogP contribution in [0.3, 0.4) is 0 Å². The molecule has 1 aliphatic carbocycles. The zero-order valence-electron chi connectivity index (χ0n) is 14.4. The maximum absolute atomic E-state index is 13.8. The van der Waals surface area contributed by atoms with Gasteiger partial charge in [-0.25, -0.2) is 18.4 Å². The van der Waals surface area contributed by atoms with Gasteiger partial charge in [0.2, 0.25) is 5.95 Å². The molecule has 0 saturated carbocycles. The number of rotatable bonds is 4. The van der Waals surface area contributed by atoms with E-state index < -0.39 is 12.0 Å². The second-order valence-corrected chi connectivity index (χ2v) is 6.23. The summed E-state index contributed by atoms with van der Waals surface area (Å²) in [6, 6.07) is 4.39. The first-order valence-corrected chi connectivity index (χ1v) is 8.30. The number of phenolic OH excluding ortho intramolecular Hbond substituents is 1. The molecular formula is C18H16F2N6O. The molecule has 4 rings (SSSR count). The van der Waals surface area contributed by atoms with Crippen LogP contribution >= 0.6 is 0 Å². The minimum atomic E-state index is -1.07. The lowest BCUT2D eigenvalue weighted by Crippen LogP contribution is -2.37. The predicted molar refractivity (Wildman–Crippen MR) is 94.9 cm³/mol. The molecule has 0 saturated heterocycles. The van der Waals surface area contributed by atoms with Gasteiger partial charge in [0.1, 0.15) is 17.6 Å². The summed E-state index contributed by atoms with van der Waals surface area (Å²) in [7, 11) is 1.72. The number of aromatic nitrogens is 5. The maximum Gasteiger partial charge on any atom is 0.245 e. The molecule has 0 bridgehead atoms. The normalized spacial score (nSPS) is 18.8. The molecular weight excluding hydrogens is 354 g/mol. The van der Waals surface area contributed by atoms with E-state index in [2.05, 4.69) is 20.3 Å². The Morgan fingerprint density at radius 3 is 2.70 bits per heavy atom. The molecule has 0 amide bonds. The Bertz CT molecular complexity index is 988. The number of hydrogen-bond acceptors (Lipinski definition) is 6. The number of benzene rings is 1. The van der Waals surface area contributed by atoms with Crippen molar-refractivity contribution in [2.75, 3.05) is 11.9 Å². The molecule has 7 nitrogen and oxygen atoms in total. The van der Waals surface area contributed by atoms with Crippen LogP contribution in [0.1, 0.15) is 6.42 Å². The first-order valence-electron chi connectivity index (χ1n) is 8.30. The van der Waals surface area contributed by atoms with Gasteiger partial charge < -0.3 is 10.0 Å². The summed E-state index contributed by atoms with van der Waals surface area (Å²) in [6.45, 7) is 0. The highest BCUT2D eigenvalue weighted by atomic mass is 19.1. The standard InChI is InChI=1S/C18H16F2N6O/c1-25(16-4-2-3-14(16)20)18-21-9-15(23-24-18)13-6-5-12(7-17(13)27)26-10-11(19)8-22-26/h2-3,5-10,14,16,27H,4H2,1H3/t14-,16+/m1/s1. The fraction of sp³-hybridized carbons (Fsp3) is 0.222.